The molecule has 0 bridgehead atoms. The zero-order valence-corrected chi connectivity index (χ0v) is 16.8. The number of hydrogen-bond donors (Lipinski definition) is 0. The molecule has 1 aliphatic rings. The summed E-state index contributed by atoms with van der Waals surface area (Å²) in [5.74, 6) is -0.740. The first-order valence-corrected chi connectivity index (χ1v) is 10.6. The lowest BCUT2D eigenvalue weighted by atomic mass is 10.1. The summed E-state index contributed by atoms with van der Waals surface area (Å²) in [6.07, 6.45) is 2.11. The number of nitriles is 1. The number of rotatable bonds is 5. The molecule has 2 aromatic carbocycles. The maximum atomic E-state index is 12.6. The fraction of sp³-hybridized carbons (Fsp3) is 0.250. The van der Waals surface area contributed by atoms with Crippen molar-refractivity contribution in [2.45, 2.75) is 12.8 Å². The third kappa shape index (κ3) is 4.22. The van der Waals surface area contributed by atoms with Crippen LogP contribution in [0.2, 0.25) is 0 Å². The molecule has 0 N–H and O–H groups in total. The highest BCUT2D eigenvalue weighted by Crippen LogP contribution is 2.34. The second-order valence-electron chi connectivity index (χ2n) is 6.56. The van der Waals surface area contributed by atoms with E-state index in [-0.39, 0.29) is 17.2 Å². The molecule has 0 atom stereocenters. The number of nitrogens with zero attached hydrogens (tertiary/aromatic N) is 3. The molecule has 150 valence electrons. The molecule has 0 saturated carbocycles. The Morgan fingerprint density at radius 2 is 1.86 bits per heavy atom. The number of carbonyl (C=O) groups is 2. The SMILES string of the molecule is COC(=O)c1cc(N2CCCC2=O)cc(N(c2ccc(C#N)cc2)S(C)(=O)=O)c1. The third-order valence-electron chi connectivity index (χ3n) is 4.51. The quantitative estimate of drug-likeness (QED) is 0.697. The van der Waals surface area contributed by atoms with Gasteiger partial charge in [0.25, 0.3) is 0 Å². The van der Waals surface area contributed by atoms with E-state index in [1.165, 1.54) is 48.4 Å². The van der Waals surface area contributed by atoms with E-state index in [4.69, 9.17) is 10.00 Å². The number of ether oxygens (including phenoxy) is 1. The molecule has 0 aliphatic carbocycles. The Kier molecular flexibility index (Phi) is 5.57. The van der Waals surface area contributed by atoms with Crippen LogP contribution in [-0.4, -0.2) is 40.2 Å². The van der Waals surface area contributed by atoms with Crippen LogP contribution in [0.4, 0.5) is 17.1 Å². The summed E-state index contributed by atoms with van der Waals surface area (Å²) >= 11 is 0. The van der Waals surface area contributed by atoms with Crippen molar-refractivity contribution in [1.82, 2.24) is 0 Å². The molecule has 1 saturated heterocycles. The van der Waals surface area contributed by atoms with Gasteiger partial charge in [0.05, 0.1) is 41.9 Å². The minimum absolute atomic E-state index is 0.0951. The van der Waals surface area contributed by atoms with Crippen molar-refractivity contribution in [2.24, 2.45) is 0 Å². The Morgan fingerprint density at radius 1 is 1.17 bits per heavy atom. The number of hydrogen-bond acceptors (Lipinski definition) is 6. The molecule has 2 aromatic rings. The number of amides is 1. The van der Waals surface area contributed by atoms with Gasteiger partial charge in [0, 0.05) is 18.7 Å². The molecule has 1 aliphatic heterocycles. The lowest BCUT2D eigenvalue weighted by Crippen LogP contribution is -2.27. The van der Waals surface area contributed by atoms with Gasteiger partial charge in [0.15, 0.2) is 0 Å². The summed E-state index contributed by atoms with van der Waals surface area (Å²) in [5.41, 5.74) is 1.42. The number of carbonyl (C=O) groups excluding carboxylic acids is 2. The van der Waals surface area contributed by atoms with Crippen LogP contribution in [0.3, 0.4) is 0 Å². The number of methoxy groups -OCH3 is 1. The zero-order valence-electron chi connectivity index (χ0n) is 16.0. The van der Waals surface area contributed by atoms with Crippen LogP contribution in [-0.2, 0) is 19.6 Å². The molecule has 1 amide bonds. The minimum Gasteiger partial charge on any atom is -0.465 e. The maximum Gasteiger partial charge on any atom is 0.337 e. The summed E-state index contributed by atoms with van der Waals surface area (Å²) < 4.78 is 31.0. The first kappa shape index (κ1) is 20.4. The molecular formula is C20H19N3O5S. The smallest absolute Gasteiger partial charge is 0.337 e. The largest absolute Gasteiger partial charge is 0.465 e. The Balaban J connectivity index is 2.19. The van der Waals surface area contributed by atoms with Crippen molar-refractivity contribution in [3.8, 4) is 6.07 Å². The maximum absolute atomic E-state index is 12.6. The van der Waals surface area contributed by atoms with E-state index in [1.807, 2.05) is 6.07 Å². The summed E-state index contributed by atoms with van der Waals surface area (Å²) in [6.45, 7) is 0.485. The van der Waals surface area contributed by atoms with Gasteiger partial charge in [-0.25, -0.2) is 17.5 Å². The summed E-state index contributed by atoms with van der Waals surface area (Å²) in [7, 11) is -2.57. The number of esters is 1. The standard InChI is InChI=1S/C20H19N3O5S/c1-28-20(25)15-10-17(22-9-3-4-19(22)24)12-18(11-15)23(29(2,26)27)16-7-5-14(13-21)6-8-16/h5-8,10-12H,3-4,9H2,1-2H3. The highest BCUT2D eigenvalue weighted by atomic mass is 32.2. The lowest BCUT2D eigenvalue weighted by molar-refractivity contribution is -0.117. The summed E-state index contributed by atoms with van der Waals surface area (Å²) in [6, 6.07) is 12.5. The molecule has 1 heterocycles. The highest BCUT2D eigenvalue weighted by Gasteiger charge is 2.27. The molecule has 3 rings (SSSR count). The van der Waals surface area contributed by atoms with Crippen LogP contribution in [0, 0.1) is 11.3 Å². The molecule has 0 radical (unpaired) electrons. The highest BCUT2D eigenvalue weighted by molar-refractivity contribution is 7.92. The van der Waals surface area contributed by atoms with Crippen LogP contribution >= 0.6 is 0 Å². The molecule has 1 fully saturated rings. The second kappa shape index (κ2) is 7.93. The molecular weight excluding hydrogens is 394 g/mol. The number of benzene rings is 2. The van der Waals surface area contributed by atoms with Gasteiger partial charge in [0.2, 0.25) is 15.9 Å². The van der Waals surface area contributed by atoms with Crippen molar-refractivity contribution >= 4 is 39.0 Å². The van der Waals surface area contributed by atoms with Crippen molar-refractivity contribution < 1.29 is 22.7 Å². The molecule has 0 spiro atoms. The predicted octanol–water partition coefficient (Wildman–Crippen LogP) is 2.57. The molecule has 0 unspecified atom stereocenters. The van der Waals surface area contributed by atoms with Gasteiger partial charge in [0.1, 0.15) is 0 Å². The van der Waals surface area contributed by atoms with Gasteiger partial charge in [-0.15, -0.1) is 0 Å². The summed E-state index contributed by atoms with van der Waals surface area (Å²) in [5, 5.41) is 8.98. The predicted molar refractivity (Wildman–Crippen MR) is 108 cm³/mol. The molecule has 8 nitrogen and oxygen atoms in total. The van der Waals surface area contributed by atoms with Crippen molar-refractivity contribution in [3.63, 3.8) is 0 Å². The molecule has 0 aromatic heterocycles. The number of anilines is 3. The topological polar surface area (TPSA) is 108 Å². The first-order valence-electron chi connectivity index (χ1n) is 8.79. The Bertz CT molecular complexity index is 1100. The Labute approximate surface area is 169 Å². The van der Waals surface area contributed by atoms with Crippen LogP contribution < -0.4 is 9.21 Å². The van der Waals surface area contributed by atoms with Gasteiger partial charge < -0.3 is 9.64 Å². The van der Waals surface area contributed by atoms with Crippen molar-refractivity contribution in [1.29, 1.82) is 5.26 Å². The lowest BCUT2D eigenvalue weighted by Gasteiger charge is -2.25. The van der Waals surface area contributed by atoms with Gasteiger partial charge in [-0.2, -0.15) is 5.26 Å². The van der Waals surface area contributed by atoms with E-state index < -0.39 is 16.0 Å². The van der Waals surface area contributed by atoms with Gasteiger partial charge in [-0.05, 0) is 48.9 Å². The normalized spacial score (nSPS) is 13.8. The average Bonchev–Trinajstić information content (AvgIpc) is 3.12. The van der Waals surface area contributed by atoms with Crippen molar-refractivity contribution in [2.75, 3.05) is 29.1 Å². The van der Waals surface area contributed by atoms with Crippen LogP contribution in [0.15, 0.2) is 42.5 Å². The fourth-order valence-corrected chi connectivity index (χ4v) is 4.22. The van der Waals surface area contributed by atoms with E-state index in [0.717, 1.165) is 10.6 Å². The number of sulfonamides is 1. The molecule has 29 heavy (non-hydrogen) atoms. The Hall–Kier alpha value is -3.38. The van der Waals surface area contributed by atoms with E-state index in [2.05, 4.69) is 0 Å². The van der Waals surface area contributed by atoms with E-state index in [1.54, 1.807) is 6.07 Å². The van der Waals surface area contributed by atoms with Crippen molar-refractivity contribution in [3.05, 3.63) is 53.6 Å². The van der Waals surface area contributed by atoms with E-state index in [9.17, 15) is 18.0 Å². The monoisotopic (exact) mass is 413 g/mol. The van der Waals surface area contributed by atoms with E-state index >= 15 is 0 Å². The average molecular weight is 413 g/mol. The van der Waals surface area contributed by atoms with Crippen LogP contribution in [0.25, 0.3) is 0 Å². The van der Waals surface area contributed by atoms with Crippen LogP contribution in [0.1, 0.15) is 28.8 Å². The first-order chi connectivity index (χ1) is 13.7. The minimum atomic E-state index is -3.80. The van der Waals surface area contributed by atoms with Crippen LogP contribution in [0.5, 0.6) is 0 Å². The summed E-state index contributed by atoms with van der Waals surface area (Å²) in [4.78, 5) is 25.9. The van der Waals surface area contributed by atoms with E-state index in [0.29, 0.717) is 36.3 Å². The van der Waals surface area contributed by atoms with Gasteiger partial charge >= 0.3 is 5.97 Å². The Morgan fingerprint density at radius 3 is 2.38 bits per heavy atom. The van der Waals surface area contributed by atoms with Gasteiger partial charge in [-0.1, -0.05) is 0 Å². The molecule has 9 heteroatoms. The third-order valence-corrected chi connectivity index (χ3v) is 5.59. The van der Waals surface area contributed by atoms with Gasteiger partial charge in [-0.3, -0.25) is 4.79 Å². The second-order valence-corrected chi connectivity index (χ2v) is 8.40. The fourth-order valence-electron chi connectivity index (χ4n) is 3.23. The zero-order chi connectivity index (χ0) is 21.2.